The minimum Gasteiger partial charge on any atom is -0.384 e. The van der Waals surface area contributed by atoms with Crippen LogP contribution in [0.3, 0.4) is 0 Å². The van der Waals surface area contributed by atoms with Crippen molar-refractivity contribution in [1.82, 2.24) is 24.8 Å². The highest BCUT2D eigenvalue weighted by Crippen LogP contribution is 2.30. The third kappa shape index (κ3) is 4.00. The second-order valence-electron chi connectivity index (χ2n) is 8.02. The highest BCUT2D eigenvalue weighted by molar-refractivity contribution is 6.30. The van der Waals surface area contributed by atoms with Crippen LogP contribution in [0.25, 0.3) is 33.3 Å². The monoisotopic (exact) mass is 430 g/mol. The van der Waals surface area contributed by atoms with E-state index in [1.165, 1.54) is 11.1 Å². The Morgan fingerprint density at radius 3 is 2.48 bits per heavy atom. The lowest BCUT2D eigenvalue weighted by Gasteiger charge is -2.17. The molecule has 4 N–H and O–H groups in total. The molecule has 7 heteroatoms. The number of halogens is 1. The van der Waals surface area contributed by atoms with E-state index in [0.717, 1.165) is 51.6 Å². The molecule has 0 fully saturated rings. The lowest BCUT2D eigenvalue weighted by Crippen LogP contribution is -2.17. The van der Waals surface area contributed by atoms with Crippen LogP contribution in [0.5, 0.6) is 0 Å². The van der Waals surface area contributed by atoms with Crippen molar-refractivity contribution < 1.29 is 0 Å². The van der Waals surface area contributed by atoms with Crippen LogP contribution in [-0.2, 0) is 13.1 Å². The van der Waals surface area contributed by atoms with Crippen LogP contribution < -0.4 is 5.73 Å². The number of aromatic nitrogens is 4. The number of nitrogens with zero attached hydrogens (tertiary/aromatic N) is 3. The fourth-order valence-electron chi connectivity index (χ4n) is 4.03. The number of H-pyrrole nitrogens is 2. The first-order valence-electron chi connectivity index (χ1n) is 10.1. The largest absolute Gasteiger partial charge is 0.384 e. The van der Waals surface area contributed by atoms with Crippen LogP contribution in [0.2, 0.25) is 5.02 Å². The first-order valence-corrected chi connectivity index (χ1v) is 10.5. The summed E-state index contributed by atoms with van der Waals surface area (Å²) in [6.45, 7) is 3.63. The highest BCUT2D eigenvalue weighted by Gasteiger charge is 2.13. The van der Waals surface area contributed by atoms with Gasteiger partial charge in [-0.3, -0.25) is 4.90 Å². The Hall–Kier alpha value is -3.35. The number of aryl methyl sites for hydroxylation is 1. The van der Waals surface area contributed by atoms with Crippen molar-refractivity contribution in [2.45, 2.75) is 20.0 Å². The second-order valence-corrected chi connectivity index (χ2v) is 8.45. The van der Waals surface area contributed by atoms with Crippen LogP contribution in [0.15, 0.2) is 54.6 Å². The molecule has 5 aromatic rings. The molecule has 0 aliphatic carbocycles. The summed E-state index contributed by atoms with van der Waals surface area (Å²) >= 11 is 5.99. The van der Waals surface area contributed by atoms with Crippen LogP contribution >= 0.6 is 11.6 Å². The van der Waals surface area contributed by atoms with Crippen LogP contribution in [-0.4, -0.2) is 31.9 Å². The maximum Gasteiger partial charge on any atom is 0.160 e. The number of nitrogen functional groups attached to an aromatic ring is 1. The Labute approximate surface area is 185 Å². The van der Waals surface area contributed by atoms with Crippen molar-refractivity contribution in [2.75, 3.05) is 12.8 Å². The van der Waals surface area contributed by atoms with Crippen molar-refractivity contribution in [3.05, 3.63) is 76.6 Å². The number of benzene rings is 2. The summed E-state index contributed by atoms with van der Waals surface area (Å²) in [6, 6.07) is 18.5. The number of hydrogen-bond donors (Lipinski definition) is 3. The van der Waals surface area contributed by atoms with Gasteiger partial charge in [-0.15, -0.1) is 0 Å². The molecule has 0 saturated heterocycles. The van der Waals surface area contributed by atoms with Crippen LogP contribution in [0.4, 0.5) is 5.82 Å². The number of imidazole rings is 1. The predicted molar refractivity (Wildman–Crippen MR) is 127 cm³/mol. The first-order chi connectivity index (χ1) is 14.9. The van der Waals surface area contributed by atoms with Gasteiger partial charge in [-0.2, -0.15) is 0 Å². The summed E-state index contributed by atoms with van der Waals surface area (Å²) in [5.74, 6) is 1.28. The molecule has 156 valence electrons. The molecule has 0 spiro atoms. The zero-order chi connectivity index (χ0) is 21.5. The topological polar surface area (TPSA) is 86.6 Å². The molecule has 0 unspecified atom stereocenters. The number of pyridine rings is 1. The standard InChI is InChI=1S/C24H23ClN6/c1-14-27-23-19(11-22(26)30-24(23)28-14)21-10-17-9-16(5-8-20(17)29-21)13-31(2)12-15-3-6-18(25)7-4-15/h3-11,29H,12-13H2,1-2H3,(H3,26,27,28,30). The SMILES string of the molecule is Cc1nc2c(-c3cc4cc(CN(C)Cc5ccc(Cl)cc5)ccc4[nH]3)cc(N)nc2[nH]1. The molecule has 0 aliphatic heterocycles. The average Bonchev–Trinajstić information content (AvgIpc) is 3.31. The van der Waals surface area contributed by atoms with Gasteiger partial charge in [-0.1, -0.05) is 29.8 Å². The number of hydrogen-bond acceptors (Lipinski definition) is 4. The molecule has 0 saturated carbocycles. The van der Waals surface area contributed by atoms with Crippen molar-refractivity contribution in [3.8, 4) is 11.3 Å². The molecule has 3 heterocycles. The molecule has 0 radical (unpaired) electrons. The number of aromatic amines is 2. The number of nitrogens with two attached hydrogens (primary N) is 1. The molecule has 0 amide bonds. The minimum absolute atomic E-state index is 0.467. The number of nitrogens with one attached hydrogen (secondary N) is 2. The van der Waals surface area contributed by atoms with E-state index in [2.05, 4.69) is 68.3 Å². The molecular formula is C24H23ClN6. The smallest absolute Gasteiger partial charge is 0.160 e. The zero-order valence-corrected chi connectivity index (χ0v) is 18.2. The molecule has 2 aromatic carbocycles. The third-order valence-corrected chi connectivity index (χ3v) is 5.64. The van der Waals surface area contributed by atoms with Crippen LogP contribution in [0, 0.1) is 6.92 Å². The summed E-state index contributed by atoms with van der Waals surface area (Å²) in [7, 11) is 2.12. The zero-order valence-electron chi connectivity index (χ0n) is 17.4. The van der Waals surface area contributed by atoms with Crippen molar-refractivity contribution in [2.24, 2.45) is 0 Å². The van der Waals surface area contributed by atoms with Gasteiger partial charge in [0.15, 0.2) is 5.65 Å². The average molecular weight is 431 g/mol. The van der Waals surface area contributed by atoms with E-state index < -0.39 is 0 Å². The van der Waals surface area contributed by atoms with E-state index in [-0.39, 0.29) is 0 Å². The summed E-state index contributed by atoms with van der Waals surface area (Å²) in [5.41, 5.74) is 13.1. The van der Waals surface area contributed by atoms with Gasteiger partial charge in [-0.05, 0) is 61.5 Å². The fraction of sp³-hybridized carbons (Fsp3) is 0.167. The van der Waals surface area contributed by atoms with Gasteiger partial charge in [0.1, 0.15) is 17.2 Å². The van der Waals surface area contributed by atoms with E-state index in [4.69, 9.17) is 17.3 Å². The van der Waals surface area contributed by atoms with Crippen molar-refractivity contribution in [3.63, 3.8) is 0 Å². The number of fused-ring (bicyclic) bond motifs is 2. The van der Waals surface area contributed by atoms with E-state index in [9.17, 15) is 0 Å². The molecule has 0 atom stereocenters. The highest BCUT2D eigenvalue weighted by atomic mass is 35.5. The van der Waals surface area contributed by atoms with Gasteiger partial charge in [0.25, 0.3) is 0 Å². The Morgan fingerprint density at radius 2 is 1.68 bits per heavy atom. The van der Waals surface area contributed by atoms with Gasteiger partial charge in [-0.25, -0.2) is 9.97 Å². The molecular weight excluding hydrogens is 408 g/mol. The lowest BCUT2D eigenvalue weighted by molar-refractivity contribution is 0.319. The molecule has 5 rings (SSSR count). The fourth-order valence-corrected chi connectivity index (χ4v) is 4.15. The van der Waals surface area contributed by atoms with E-state index in [0.29, 0.717) is 11.5 Å². The van der Waals surface area contributed by atoms with Gasteiger partial charge in [0.2, 0.25) is 0 Å². The Bertz CT molecular complexity index is 1380. The summed E-state index contributed by atoms with van der Waals surface area (Å²) in [6.07, 6.45) is 0. The van der Waals surface area contributed by atoms with E-state index >= 15 is 0 Å². The number of rotatable bonds is 5. The Balaban J connectivity index is 1.42. The normalized spacial score (nSPS) is 11.7. The lowest BCUT2D eigenvalue weighted by atomic mass is 10.1. The summed E-state index contributed by atoms with van der Waals surface area (Å²) < 4.78 is 0. The maximum atomic E-state index is 6.03. The van der Waals surface area contributed by atoms with Crippen molar-refractivity contribution >= 4 is 39.5 Å². The maximum absolute atomic E-state index is 6.03. The molecule has 6 nitrogen and oxygen atoms in total. The predicted octanol–water partition coefficient (Wildman–Crippen LogP) is 5.28. The van der Waals surface area contributed by atoms with Gasteiger partial charge < -0.3 is 15.7 Å². The quantitative estimate of drug-likeness (QED) is 0.354. The molecule has 0 bridgehead atoms. The van der Waals surface area contributed by atoms with E-state index in [1.54, 1.807) is 0 Å². The van der Waals surface area contributed by atoms with E-state index in [1.807, 2.05) is 25.1 Å². The Morgan fingerprint density at radius 1 is 0.935 bits per heavy atom. The number of anilines is 1. The first kappa shape index (κ1) is 19.6. The molecule has 3 aromatic heterocycles. The summed E-state index contributed by atoms with van der Waals surface area (Å²) in [5, 5.41) is 1.92. The van der Waals surface area contributed by atoms with Gasteiger partial charge in [0, 0.05) is 40.3 Å². The van der Waals surface area contributed by atoms with Gasteiger partial charge >= 0.3 is 0 Å². The second kappa shape index (κ2) is 7.72. The van der Waals surface area contributed by atoms with Gasteiger partial charge in [0.05, 0.1) is 0 Å². The molecule has 31 heavy (non-hydrogen) atoms. The van der Waals surface area contributed by atoms with Crippen molar-refractivity contribution in [1.29, 1.82) is 0 Å². The molecule has 0 aliphatic rings. The summed E-state index contributed by atoms with van der Waals surface area (Å²) in [4.78, 5) is 17.9. The Kier molecular flexibility index (Phi) is 4.88. The van der Waals surface area contributed by atoms with Crippen LogP contribution in [0.1, 0.15) is 17.0 Å². The third-order valence-electron chi connectivity index (χ3n) is 5.38. The minimum atomic E-state index is 0.467.